The minimum atomic E-state index is -4.67. The van der Waals surface area contributed by atoms with Crippen molar-refractivity contribution in [2.45, 2.75) is 22.4 Å². The molecule has 0 saturated carbocycles. The van der Waals surface area contributed by atoms with Crippen LogP contribution in [0, 0.1) is 5.92 Å². The second kappa shape index (κ2) is 10.8. The molecular formula is C29H20F3N3O5S2. The molecule has 4 aromatic rings. The van der Waals surface area contributed by atoms with Gasteiger partial charge in [0.25, 0.3) is 5.91 Å². The van der Waals surface area contributed by atoms with Crippen molar-refractivity contribution in [2.24, 2.45) is 5.92 Å². The van der Waals surface area contributed by atoms with Crippen LogP contribution in [0.2, 0.25) is 0 Å². The van der Waals surface area contributed by atoms with Gasteiger partial charge in [0.05, 0.1) is 22.2 Å². The maximum absolute atomic E-state index is 13.9. The van der Waals surface area contributed by atoms with Crippen molar-refractivity contribution in [3.05, 3.63) is 105 Å². The summed E-state index contributed by atoms with van der Waals surface area (Å²) in [7, 11) is 0. The van der Waals surface area contributed by atoms with Gasteiger partial charge in [0.1, 0.15) is 11.0 Å². The number of amides is 3. The Balaban J connectivity index is 1.36. The van der Waals surface area contributed by atoms with E-state index < -0.39 is 46.5 Å². The molecule has 2 N–H and O–H groups in total. The Labute approximate surface area is 244 Å². The first kappa shape index (κ1) is 27.8. The average Bonchev–Trinajstić information content (AvgIpc) is 3.46. The lowest BCUT2D eigenvalue weighted by Crippen LogP contribution is -2.32. The van der Waals surface area contributed by atoms with Gasteiger partial charge in [0.2, 0.25) is 11.8 Å². The Hall–Kier alpha value is -4.36. The van der Waals surface area contributed by atoms with E-state index in [2.05, 4.69) is 10.3 Å². The van der Waals surface area contributed by atoms with E-state index in [9.17, 15) is 32.3 Å². The number of imide groups is 1. The van der Waals surface area contributed by atoms with E-state index in [4.69, 9.17) is 4.74 Å². The molecule has 2 aliphatic rings. The number of halogens is 3. The molecule has 0 spiro atoms. The number of H-pyrrole nitrogens is 1. The molecule has 3 atom stereocenters. The predicted molar refractivity (Wildman–Crippen MR) is 151 cm³/mol. The third-order valence-electron chi connectivity index (χ3n) is 6.93. The quantitative estimate of drug-likeness (QED) is 0.288. The molecule has 2 aliphatic heterocycles. The zero-order valence-corrected chi connectivity index (χ0v) is 23.0. The molecule has 1 saturated heterocycles. The van der Waals surface area contributed by atoms with Gasteiger partial charge in [-0.3, -0.25) is 19.2 Å². The van der Waals surface area contributed by atoms with Crippen LogP contribution in [0.15, 0.2) is 88.7 Å². The summed E-state index contributed by atoms with van der Waals surface area (Å²) < 4.78 is 46.2. The van der Waals surface area contributed by atoms with Crippen molar-refractivity contribution in [1.29, 1.82) is 0 Å². The lowest BCUT2D eigenvalue weighted by atomic mass is 9.82. The third kappa shape index (κ3) is 5.09. The van der Waals surface area contributed by atoms with Crippen LogP contribution in [0.1, 0.15) is 21.9 Å². The van der Waals surface area contributed by atoms with E-state index in [1.807, 2.05) is 6.07 Å². The van der Waals surface area contributed by atoms with Crippen LogP contribution in [-0.4, -0.2) is 34.6 Å². The van der Waals surface area contributed by atoms with Crippen LogP contribution in [0.25, 0.3) is 0 Å². The number of thiazole rings is 1. The number of carbonyl (C=O) groups excluding carboxylic acids is 3. The van der Waals surface area contributed by atoms with Gasteiger partial charge >= 0.3 is 11.0 Å². The Morgan fingerprint density at radius 1 is 0.952 bits per heavy atom. The molecule has 6 rings (SSSR count). The number of nitrogens with one attached hydrogen (secondary N) is 2. The minimum Gasteiger partial charge on any atom is -0.483 e. The van der Waals surface area contributed by atoms with Crippen LogP contribution in [0.3, 0.4) is 0 Å². The Morgan fingerprint density at radius 3 is 2.45 bits per heavy atom. The standard InChI is InChI=1S/C29H20F3N3O5S2/c30-29(31,32)15-7-6-10-17(13-15)35-26(37)22-21(23-25(34-28(39)42-23)41-24(22)27(35)38)18-11-4-5-12-19(18)40-14-20(36)33-16-8-2-1-3-9-16/h1-13,21-22,24H,14H2,(H,33,36)(H,34,39). The van der Waals surface area contributed by atoms with Crippen molar-refractivity contribution in [1.82, 2.24) is 4.98 Å². The van der Waals surface area contributed by atoms with Crippen molar-refractivity contribution in [3.63, 3.8) is 0 Å². The Kier molecular flexibility index (Phi) is 7.15. The van der Waals surface area contributed by atoms with Crippen molar-refractivity contribution in [2.75, 3.05) is 16.8 Å². The second-order valence-corrected chi connectivity index (χ2v) is 11.7. The number of hydrogen-bond acceptors (Lipinski definition) is 7. The molecule has 13 heteroatoms. The molecule has 1 aromatic heterocycles. The van der Waals surface area contributed by atoms with Crippen LogP contribution in [-0.2, 0) is 20.6 Å². The highest BCUT2D eigenvalue weighted by Crippen LogP contribution is 2.54. The summed E-state index contributed by atoms with van der Waals surface area (Å²) >= 11 is 1.89. The van der Waals surface area contributed by atoms with Crippen molar-refractivity contribution >= 4 is 52.2 Å². The van der Waals surface area contributed by atoms with Crippen LogP contribution < -0.4 is 19.8 Å². The smallest absolute Gasteiger partial charge is 0.416 e. The number of ether oxygens (including phenoxy) is 1. The van der Waals surface area contributed by atoms with Crippen LogP contribution in [0.4, 0.5) is 24.5 Å². The first-order chi connectivity index (χ1) is 20.1. The molecule has 3 aromatic carbocycles. The summed E-state index contributed by atoms with van der Waals surface area (Å²) in [6.45, 7) is -0.360. The molecule has 42 heavy (non-hydrogen) atoms. The topological polar surface area (TPSA) is 109 Å². The highest BCUT2D eigenvalue weighted by molar-refractivity contribution is 8.00. The molecule has 3 amide bonds. The lowest BCUT2D eigenvalue weighted by Gasteiger charge is -2.30. The number of carbonyl (C=O) groups is 3. The van der Waals surface area contributed by atoms with E-state index >= 15 is 0 Å². The number of nitrogens with zero attached hydrogens (tertiary/aromatic N) is 1. The van der Waals surface area contributed by atoms with Gasteiger partial charge in [-0.1, -0.05) is 65.6 Å². The number of rotatable bonds is 6. The summed E-state index contributed by atoms with van der Waals surface area (Å²) in [6, 6.07) is 19.5. The summed E-state index contributed by atoms with van der Waals surface area (Å²) in [4.78, 5) is 56.1. The highest BCUT2D eigenvalue weighted by Gasteiger charge is 2.57. The number of aromatic nitrogens is 1. The lowest BCUT2D eigenvalue weighted by molar-refractivity contribution is -0.137. The van der Waals surface area contributed by atoms with Gasteiger partial charge in [-0.25, -0.2) is 4.90 Å². The predicted octanol–water partition coefficient (Wildman–Crippen LogP) is 5.27. The normalized spacial score (nSPS) is 19.8. The van der Waals surface area contributed by atoms with Gasteiger partial charge in [0.15, 0.2) is 6.61 Å². The van der Waals surface area contributed by atoms with Gasteiger partial charge in [-0.05, 0) is 36.4 Å². The van der Waals surface area contributed by atoms with Crippen molar-refractivity contribution < 1.29 is 32.3 Å². The minimum absolute atomic E-state index is 0.187. The maximum atomic E-state index is 13.9. The summed E-state index contributed by atoms with van der Waals surface area (Å²) in [6.07, 6.45) is -4.67. The molecule has 8 nitrogen and oxygen atoms in total. The van der Waals surface area contributed by atoms with Gasteiger partial charge in [-0.2, -0.15) is 13.2 Å². The largest absolute Gasteiger partial charge is 0.483 e. The first-order valence-corrected chi connectivity index (χ1v) is 14.3. The number of benzene rings is 3. The zero-order valence-electron chi connectivity index (χ0n) is 21.4. The molecular weight excluding hydrogens is 591 g/mol. The molecule has 214 valence electrons. The number of fused-ring (bicyclic) bond motifs is 2. The fourth-order valence-electron chi connectivity index (χ4n) is 5.16. The first-order valence-electron chi connectivity index (χ1n) is 12.6. The fourth-order valence-corrected chi connectivity index (χ4v) is 7.66. The number of thioether (sulfide) groups is 1. The molecule has 3 heterocycles. The Bertz CT molecular complexity index is 1750. The van der Waals surface area contributed by atoms with E-state index in [1.165, 1.54) is 6.07 Å². The van der Waals surface area contributed by atoms with Gasteiger partial charge in [-0.15, -0.1) is 0 Å². The number of aromatic amines is 1. The number of anilines is 2. The maximum Gasteiger partial charge on any atom is 0.416 e. The molecule has 1 fully saturated rings. The molecule has 0 aliphatic carbocycles. The van der Waals surface area contributed by atoms with E-state index in [1.54, 1.807) is 48.5 Å². The average molecular weight is 612 g/mol. The molecule has 0 bridgehead atoms. The van der Waals surface area contributed by atoms with Gasteiger partial charge < -0.3 is 15.0 Å². The van der Waals surface area contributed by atoms with E-state index in [0.717, 1.165) is 46.2 Å². The Morgan fingerprint density at radius 2 is 1.69 bits per heavy atom. The number of hydrogen-bond donors (Lipinski definition) is 2. The molecule has 3 unspecified atom stereocenters. The number of alkyl halides is 3. The molecule has 0 radical (unpaired) electrons. The number of para-hydroxylation sites is 2. The second-order valence-electron chi connectivity index (χ2n) is 9.55. The summed E-state index contributed by atoms with van der Waals surface area (Å²) in [5.74, 6) is -3.42. The summed E-state index contributed by atoms with van der Waals surface area (Å²) in [5.41, 5.74) is -0.134. The van der Waals surface area contributed by atoms with Crippen LogP contribution >= 0.6 is 23.1 Å². The third-order valence-corrected chi connectivity index (χ3v) is 9.33. The van der Waals surface area contributed by atoms with E-state index in [-0.39, 0.29) is 22.9 Å². The summed E-state index contributed by atoms with van der Waals surface area (Å²) in [5, 5.41) is 2.11. The van der Waals surface area contributed by atoms with Crippen molar-refractivity contribution in [3.8, 4) is 5.75 Å². The van der Waals surface area contributed by atoms with Gasteiger partial charge in [0, 0.05) is 22.0 Å². The monoisotopic (exact) mass is 611 g/mol. The fraction of sp³-hybridized carbons (Fsp3) is 0.172. The van der Waals surface area contributed by atoms with Crippen LogP contribution in [0.5, 0.6) is 5.75 Å². The van der Waals surface area contributed by atoms with E-state index in [0.29, 0.717) is 21.2 Å². The zero-order chi connectivity index (χ0) is 29.6. The highest BCUT2D eigenvalue weighted by atomic mass is 32.2. The SMILES string of the molecule is O=C(COc1ccccc1C1c2sc(=O)[nH]c2SC2C(=O)N(c3cccc(C(F)(F)F)c3)C(=O)C21)Nc1ccccc1.